The zero-order valence-electron chi connectivity index (χ0n) is 8.05. The number of aromatic nitrogens is 2. The van der Waals surface area contributed by atoms with Crippen molar-refractivity contribution in [1.82, 2.24) is 4.57 Å². The van der Waals surface area contributed by atoms with Gasteiger partial charge < -0.3 is 9.13 Å². The lowest BCUT2D eigenvalue weighted by Gasteiger charge is -2.00. The standard InChI is InChI=1S/C11H12N2S/c1-12-7-8-13(9-12)10-14-11-5-3-2-4-6-11/h2-8H,10H2,1H3. The Morgan fingerprint density at radius 3 is 2.79 bits per heavy atom. The van der Waals surface area contributed by atoms with E-state index >= 15 is 0 Å². The van der Waals surface area contributed by atoms with Gasteiger partial charge in [0, 0.05) is 4.90 Å². The topological polar surface area (TPSA) is 8.81 Å². The molecule has 2 rings (SSSR count). The molecule has 72 valence electrons. The van der Waals surface area contributed by atoms with Gasteiger partial charge in [0.05, 0.1) is 7.05 Å². The summed E-state index contributed by atoms with van der Waals surface area (Å²) in [6.45, 7) is 0. The third kappa shape index (κ3) is 2.39. The Hall–Kier alpha value is -1.22. The normalized spacial score (nSPS) is 10.4. The quantitative estimate of drug-likeness (QED) is 0.421. The van der Waals surface area contributed by atoms with Crippen molar-refractivity contribution in [2.24, 2.45) is 7.05 Å². The molecule has 0 saturated heterocycles. The summed E-state index contributed by atoms with van der Waals surface area (Å²) in [5.41, 5.74) is 0. The van der Waals surface area contributed by atoms with Crippen molar-refractivity contribution in [3.05, 3.63) is 49.1 Å². The predicted molar refractivity (Wildman–Crippen MR) is 56.7 cm³/mol. The number of benzene rings is 1. The Morgan fingerprint density at radius 1 is 1.36 bits per heavy atom. The Labute approximate surface area is 88.2 Å². The van der Waals surface area contributed by atoms with Gasteiger partial charge in [-0.25, -0.2) is 0 Å². The molecular weight excluding hydrogens is 192 g/mol. The molecule has 1 aromatic carbocycles. The van der Waals surface area contributed by atoms with Gasteiger partial charge in [-0.1, -0.05) is 30.0 Å². The molecule has 3 heteroatoms. The van der Waals surface area contributed by atoms with Crippen LogP contribution in [0, 0.1) is 6.33 Å². The van der Waals surface area contributed by atoms with E-state index in [9.17, 15) is 0 Å². The highest BCUT2D eigenvalue weighted by Crippen LogP contribution is 2.18. The molecule has 2 nitrogen and oxygen atoms in total. The summed E-state index contributed by atoms with van der Waals surface area (Å²) < 4.78 is 3.96. The second kappa shape index (κ2) is 4.33. The molecule has 0 fully saturated rings. The van der Waals surface area contributed by atoms with Crippen LogP contribution < -0.4 is 4.57 Å². The average Bonchev–Trinajstić information content (AvgIpc) is 2.63. The van der Waals surface area contributed by atoms with Crippen molar-refractivity contribution in [2.45, 2.75) is 10.8 Å². The fraction of sp³-hybridized carbons (Fsp3) is 0.182. The average molecular weight is 204 g/mol. The van der Waals surface area contributed by atoms with Crippen LogP contribution in [0.15, 0.2) is 47.6 Å². The van der Waals surface area contributed by atoms with E-state index in [1.807, 2.05) is 34.6 Å². The van der Waals surface area contributed by atoms with E-state index in [1.54, 1.807) is 11.8 Å². The minimum Gasteiger partial charge on any atom is -0.354 e. The van der Waals surface area contributed by atoms with Crippen molar-refractivity contribution in [1.29, 1.82) is 0 Å². The summed E-state index contributed by atoms with van der Waals surface area (Å²) in [6, 6.07) is 10.4. The molecule has 0 bridgehead atoms. The summed E-state index contributed by atoms with van der Waals surface area (Å²) in [6.07, 6.45) is 7.17. The lowest BCUT2D eigenvalue weighted by Crippen LogP contribution is -2.24. The van der Waals surface area contributed by atoms with E-state index < -0.39 is 0 Å². The minimum absolute atomic E-state index is 0.908. The van der Waals surface area contributed by atoms with E-state index in [4.69, 9.17) is 0 Å². The maximum absolute atomic E-state index is 3.16. The molecule has 0 aliphatic heterocycles. The molecule has 14 heavy (non-hydrogen) atoms. The van der Waals surface area contributed by atoms with Crippen LogP contribution in [-0.2, 0) is 12.9 Å². The molecule has 0 radical (unpaired) electrons. The number of imidazole rings is 1. The Bertz CT molecular complexity index is 395. The van der Waals surface area contributed by atoms with Gasteiger partial charge in [-0.3, -0.25) is 0 Å². The van der Waals surface area contributed by atoms with Gasteiger partial charge in [-0.2, -0.15) is 0 Å². The zero-order chi connectivity index (χ0) is 9.80. The predicted octanol–water partition coefficient (Wildman–Crippen LogP) is 1.86. The molecule has 0 N–H and O–H groups in total. The first-order valence-electron chi connectivity index (χ1n) is 4.46. The first-order valence-corrected chi connectivity index (χ1v) is 5.45. The zero-order valence-corrected chi connectivity index (χ0v) is 8.87. The van der Waals surface area contributed by atoms with Crippen LogP contribution in [0.5, 0.6) is 0 Å². The Balaban J connectivity index is 1.95. The molecule has 0 amide bonds. The van der Waals surface area contributed by atoms with Crippen LogP contribution in [0.2, 0.25) is 0 Å². The van der Waals surface area contributed by atoms with Crippen molar-refractivity contribution >= 4 is 11.8 Å². The van der Waals surface area contributed by atoms with Gasteiger partial charge >= 0.3 is 0 Å². The van der Waals surface area contributed by atoms with Gasteiger partial charge in [0.15, 0.2) is 0 Å². The van der Waals surface area contributed by atoms with Crippen LogP contribution in [0.4, 0.5) is 0 Å². The third-order valence-corrected chi connectivity index (χ3v) is 2.88. The lowest BCUT2D eigenvalue weighted by atomic mass is 10.4. The van der Waals surface area contributed by atoms with Crippen molar-refractivity contribution in [3.8, 4) is 0 Å². The maximum atomic E-state index is 3.16. The van der Waals surface area contributed by atoms with Crippen LogP contribution in [0.3, 0.4) is 0 Å². The van der Waals surface area contributed by atoms with Crippen LogP contribution in [0.25, 0.3) is 0 Å². The number of hydrogen-bond acceptors (Lipinski definition) is 1. The molecule has 2 aromatic rings. The second-order valence-corrected chi connectivity index (χ2v) is 4.08. The largest absolute Gasteiger partial charge is 0.354 e. The number of rotatable bonds is 3. The summed E-state index contributed by atoms with van der Waals surface area (Å²) in [5.74, 6) is 0.908. The fourth-order valence-corrected chi connectivity index (χ4v) is 1.96. The summed E-state index contributed by atoms with van der Waals surface area (Å²) in [4.78, 5) is 1.29. The Morgan fingerprint density at radius 2 is 2.14 bits per heavy atom. The number of hydrogen-bond donors (Lipinski definition) is 0. The SMILES string of the molecule is C[n+]1[c-]n(CSc2ccccc2)cc1. The highest BCUT2D eigenvalue weighted by Gasteiger charge is 1.94. The lowest BCUT2D eigenvalue weighted by molar-refractivity contribution is -0.675. The molecule has 0 unspecified atom stereocenters. The first kappa shape index (κ1) is 9.34. The van der Waals surface area contributed by atoms with E-state index in [0.717, 1.165) is 5.88 Å². The number of aryl methyl sites for hydroxylation is 1. The maximum Gasteiger partial charge on any atom is 0.204 e. The fourth-order valence-electron chi connectivity index (χ4n) is 1.18. The van der Waals surface area contributed by atoms with Gasteiger partial charge in [0.2, 0.25) is 6.33 Å². The van der Waals surface area contributed by atoms with Crippen molar-refractivity contribution in [2.75, 3.05) is 0 Å². The van der Waals surface area contributed by atoms with Crippen LogP contribution in [-0.4, -0.2) is 4.57 Å². The Kier molecular flexibility index (Phi) is 2.89. The summed E-state index contributed by atoms with van der Waals surface area (Å²) in [7, 11) is 1.98. The van der Waals surface area contributed by atoms with Gasteiger partial charge in [0.25, 0.3) is 0 Å². The smallest absolute Gasteiger partial charge is 0.204 e. The van der Waals surface area contributed by atoms with Crippen molar-refractivity contribution in [3.63, 3.8) is 0 Å². The van der Waals surface area contributed by atoms with Gasteiger partial charge in [0.1, 0.15) is 5.88 Å². The van der Waals surface area contributed by atoms with E-state index in [-0.39, 0.29) is 0 Å². The first-order chi connectivity index (χ1) is 6.84. The van der Waals surface area contributed by atoms with Crippen LogP contribution in [0.1, 0.15) is 0 Å². The summed E-state index contributed by atoms with van der Waals surface area (Å²) >= 11 is 1.81. The molecule has 0 aliphatic carbocycles. The van der Waals surface area contributed by atoms with Gasteiger partial charge in [-0.05, 0) is 24.5 Å². The van der Waals surface area contributed by atoms with E-state index in [2.05, 4.69) is 30.6 Å². The van der Waals surface area contributed by atoms with Crippen molar-refractivity contribution < 1.29 is 4.57 Å². The van der Waals surface area contributed by atoms with Crippen LogP contribution >= 0.6 is 11.8 Å². The third-order valence-electron chi connectivity index (χ3n) is 1.87. The molecule has 0 aliphatic rings. The summed E-state index contributed by atoms with van der Waals surface area (Å²) in [5, 5.41) is 0. The molecule has 1 aromatic heterocycles. The second-order valence-electron chi connectivity index (χ2n) is 3.07. The molecule has 0 atom stereocenters. The van der Waals surface area contributed by atoms with E-state index in [1.165, 1.54) is 4.90 Å². The molecule has 0 saturated carbocycles. The highest BCUT2D eigenvalue weighted by atomic mass is 32.2. The van der Waals surface area contributed by atoms with Gasteiger partial charge in [-0.15, -0.1) is 0 Å². The monoisotopic (exact) mass is 204 g/mol. The molecule has 1 heterocycles. The van der Waals surface area contributed by atoms with E-state index in [0.29, 0.717) is 0 Å². The molecular formula is C11H12N2S. The molecule has 0 spiro atoms. The number of nitrogens with zero attached hydrogens (tertiary/aromatic N) is 2. The minimum atomic E-state index is 0.908. The number of thioether (sulfide) groups is 1. The highest BCUT2D eigenvalue weighted by molar-refractivity contribution is 7.98.